The number of nitrogens with zero attached hydrogens (tertiary/aromatic N) is 1. The van der Waals surface area contributed by atoms with Crippen LogP contribution in [0.25, 0.3) is 0 Å². The fourth-order valence-corrected chi connectivity index (χ4v) is 3.94. The Morgan fingerprint density at radius 2 is 2.21 bits per heavy atom. The molecule has 0 aromatic rings. The van der Waals surface area contributed by atoms with Gasteiger partial charge in [0.15, 0.2) is 0 Å². The Hall–Kier alpha value is -0.610. The summed E-state index contributed by atoms with van der Waals surface area (Å²) < 4.78 is 0. The molecule has 0 heterocycles. The first-order chi connectivity index (χ1) is 9.10. The molecule has 0 radical (unpaired) electrons. The zero-order valence-electron chi connectivity index (χ0n) is 12.3. The lowest BCUT2D eigenvalue weighted by Crippen LogP contribution is -2.46. The lowest BCUT2D eigenvalue weighted by atomic mass is 9.88. The van der Waals surface area contributed by atoms with Gasteiger partial charge < -0.3 is 15.3 Å². The van der Waals surface area contributed by atoms with Crippen molar-refractivity contribution in [2.75, 3.05) is 26.7 Å². The van der Waals surface area contributed by atoms with E-state index in [4.69, 9.17) is 0 Å². The molecule has 0 amide bonds. The van der Waals surface area contributed by atoms with Crippen LogP contribution in [0.1, 0.15) is 39.0 Å². The molecule has 2 N–H and O–H groups in total. The van der Waals surface area contributed by atoms with Crippen molar-refractivity contribution in [3.05, 3.63) is 0 Å². The first-order valence-electron chi connectivity index (χ1n) is 7.74. The van der Waals surface area contributed by atoms with Crippen LogP contribution in [0, 0.1) is 17.8 Å². The highest BCUT2D eigenvalue weighted by Gasteiger charge is 2.39. The van der Waals surface area contributed by atoms with E-state index in [0.29, 0.717) is 6.54 Å². The summed E-state index contributed by atoms with van der Waals surface area (Å²) in [6.45, 7) is 4.52. The third-order valence-corrected chi connectivity index (χ3v) is 4.86. The molecule has 0 spiro atoms. The number of carbonyl (C=O) groups is 1. The number of rotatable bonds is 8. The average molecular weight is 268 g/mol. The summed E-state index contributed by atoms with van der Waals surface area (Å²) in [5, 5.41) is 12.3. The Bertz CT molecular complexity index is 309. The minimum Gasteiger partial charge on any atom is -0.480 e. The van der Waals surface area contributed by atoms with Crippen molar-refractivity contribution in [1.82, 2.24) is 10.2 Å². The van der Waals surface area contributed by atoms with Gasteiger partial charge in [-0.15, -0.1) is 0 Å². The zero-order valence-corrected chi connectivity index (χ0v) is 12.3. The quantitative estimate of drug-likeness (QED) is 0.705. The standard InChI is InChI=1S/C15H28N2O2/c1-3-6-16-14(15(18)19)10-17(2)9-13-8-11-4-5-12(13)7-11/h11-14,16H,3-10H2,1-2H3,(H,18,19). The summed E-state index contributed by atoms with van der Waals surface area (Å²) in [5.74, 6) is 1.97. The van der Waals surface area contributed by atoms with Crippen molar-refractivity contribution in [2.45, 2.75) is 45.1 Å². The number of aliphatic carboxylic acids is 1. The van der Waals surface area contributed by atoms with E-state index < -0.39 is 12.0 Å². The monoisotopic (exact) mass is 268 g/mol. The van der Waals surface area contributed by atoms with Crippen molar-refractivity contribution in [3.63, 3.8) is 0 Å². The van der Waals surface area contributed by atoms with Gasteiger partial charge in [0.1, 0.15) is 6.04 Å². The van der Waals surface area contributed by atoms with Crippen molar-refractivity contribution >= 4 is 5.97 Å². The molecule has 2 saturated carbocycles. The molecular formula is C15H28N2O2. The molecule has 2 fully saturated rings. The first-order valence-corrected chi connectivity index (χ1v) is 7.74. The summed E-state index contributed by atoms with van der Waals surface area (Å²) in [7, 11) is 2.07. The minimum atomic E-state index is -0.728. The normalized spacial score (nSPS) is 31.0. The number of hydrogen-bond acceptors (Lipinski definition) is 3. The van der Waals surface area contributed by atoms with Crippen LogP contribution in [0.3, 0.4) is 0 Å². The molecule has 0 aromatic heterocycles. The van der Waals surface area contributed by atoms with Crippen molar-refractivity contribution < 1.29 is 9.90 Å². The predicted molar refractivity (Wildman–Crippen MR) is 76.2 cm³/mol. The van der Waals surface area contributed by atoms with E-state index >= 15 is 0 Å². The average Bonchev–Trinajstić information content (AvgIpc) is 2.96. The van der Waals surface area contributed by atoms with Crippen LogP contribution in [0.2, 0.25) is 0 Å². The number of fused-ring (bicyclic) bond motifs is 2. The number of likely N-dealkylation sites (N-methyl/N-ethyl adjacent to an activating group) is 1. The SMILES string of the molecule is CCCNC(CN(C)CC1CC2CCC1C2)C(=O)O. The second-order valence-corrected chi connectivity index (χ2v) is 6.50. The van der Waals surface area contributed by atoms with Gasteiger partial charge in [-0.25, -0.2) is 0 Å². The molecule has 2 aliphatic carbocycles. The highest BCUT2D eigenvalue weighted by atomic mass is 16.4. The van der Waals surface area contributed by atoms with E-state index in [1.165, 1.54) is 25.7 Å². The summed E-state index contributed by atoms with van der Waals surface area (Å²) in [5.41, 5.74) is 0. The molecule has 4 unspecified atom stereocenters. The van der Waals surface area contributed by atoms with E-state index in [1.54, 1.807) is 0 Å². The van der Waals surface area contributed by atoms with Gasteiger partial charge in [-0.3, -0.25) is 4.79 Å². The van der Waals surface area contributed by atoms with Gasteiger partial charge in [-0.2, -0.15) is 0 Å². The van der Waals surface area contributed by atoms with Gasteiger partial charge >= 0.3 is 5.97 Å². The van der Waals surface area contributed by atoms with Crippen LogP contribution in [-0.2, 0) is 4.79 Å². The highest BCUT2D eigenvalue weighted by Crippen LogP contribution is 2.48. The summed E-state index contributed by atoms with van der Waals surface area (Å²) in [4.78, 5) is 13.4. The molecular weight excluding hydrogens is 240 g/mol. The topological polar surface area (TPSA) is 52.6 Å². The van der Waals surface area contributed by atoms with E-state index in [9.17, 15) is 9.90 Å². The van der Waals surface area contributed by atoms with Crippen LogP contribution >= 0.6 is 0 Å². The molecule has 0 aromatic carbocycles. The summed E-state index contributed by atoms with van der Waals surface area (Å²) >= 11 is 0. The molecule has 0 aliphatic heterocycles. The van der Waals surface area contributed by atoms with E-state index in [0.717, 1.165) is 37.3 Å². The van der Waals surface area contributed by atoms with E-state index in [1.807, 2.05) is 0 Å². The Balaban J connectivity index is 1.75. The molecule has 19 heavy (non-hydrogen) atoms. The van der Waals surface area contributed by atoms with Gasteiger partial charge in [0.05, 0.1) is 0 Å². The minimum absolute atomic E-state index is 0.427. The molecule has 110 valence electrons. The van der Waals surface area contributed by atoms with Gasteiger partial charge in [0.25, 0.3) is 0 Å². The molecule has 4 atom stereocenters. The largest absolute Gasteiger partial charge is 0.480 e. The third kappa shape index (κ3) is 3.93. The number of carboxylic acid groups (broad SMARTS) is 1. The van der Waals surface area contributed by atoms with Crippen molar-refractivity contribution in [2.24, 2.45) is 17.8 Å². The molecule has 0 saturated heterocycles. The second kappa shape index (κ2) is 6.71. The van der Waals surface area contributed by atoms with Gasteiger partial charge in [0.2, 0.25) is 0 Å². The van der Waals surface area contributed by atoms with Crippen LogP contribution in [-0.4, -0.2) is 48.7 Å². The van der Waals surface area contributed by atoms with Gasteiger partial charge in [-0.1, -0.05) is 13.3 Å². The number of carboxylic acids is 1. The molecule has 2 bridgehead atoms. The Labute approximate surface area is 116 Å². The first kappa shape index (κ1) is 14.8. The van der Waals surface area contributed by atoms with Crippen LogP contribution in [0.4, 0.5) is 0 Å². The second-order valence-electron chi connectivity index (χ2n) is 6.50. The fraction of sp³-hybridized carbons (Fsp3) is 0.933. The molecule has 2 rings (SSSR count). The number of nitrogens with one attached hydrogen (secondary N) is 1. The fourth-order valence-electron chi connectivity index (χ4n) is 3.94. The smallest absolute Gasteiger partial charge is 0.322 e. The molecule has 2 aliphatic rings. The third-order valence-electron chi connectivity index (χ3n) is 4.86. The van der Waals surface area contributed by atoms with Crippen molar-refractivity contribution in [1.29, 1.82) is 0 Å². The van der Waals surface area contributed by atoms with Gasteiger partial charge in [-0.05, 0) is 57.0 Å². The lowest BCUT2D eigenvalue weighted by Gasteiger charge is -2.29. The maximum absolute atomic E-state index is 11.2. The summed E-state index contributed by atoms with van der Waals surface area (Å²) in [6.07, 6.45) is 6.60. The summed E-state index contributed by atoms with van der Waals surface area (Å²) in [6, 6.07) is -0.427. The van der Waals surface area contributed by atoms with Crippen LogP contribution in [0.15, 0.2) is 0 Å². The van der Waals surface area contributed by atoms with Crippen LogP contribution < -0.4 is 5.32 Å². The predicted octanol–water partition coefficient (Wildman–Crippen LogP) is 1.81. The number of hydrogen-bond donors (Lipinski definition) is 2. The zero-order chi connectivity index (χ0) is 13.8. The van der Waals surface area contributed by atoms with Crippen molar-refractivity contribution in [3.8, 4) is 0 Å². The lowest BCUT2D eigenvalue weighted by molar-refractivity contribution is -0.140. The Kier molecular flexibility index (Phi) is 5.22. The van der Waals surface area contributed by atoms with Gasteiger partial charge in [0, 0.05) is 13.1 Å². The van der Waals surface area contributed by atoms with Crippen LogP contribution in [0.5, 0.6) is 0 Å². The van der Waals surface area contributed by atoms with E-state index in [-0.39, 0.29) is 0 Å². The van der Waals surface area contributed by atoms with E-state index in [2.05, 4.69) is 24.2 Å². The maximum Gasteiger partial charge on any atom is 0.322 e. The highest BCUT2D eigenvalue weighted by molar-refractivity contribution is 5.73. The molecule has 4 nitrogen and oxygen atoms in total. The Morgan fingerprint density at radius 3 is 2.74 bits per heavy atom. The molecule has 4 heteroatoms. The maximum atomic E-state index is 11.2. The Morgan fingerprint density at radius 1 is 1.42 bits per heavy atom.